The molecule has 0 bridgehead atoms. The predicted molar refractivity (Wildman–Crippen MR) is 78.2 cm³/mol. The molecule has 1 aliphatic rings. The van der Waals surface area contributed by atoms with Crippen molar-refractivity contribution in [3.63, 3.8) is 0 Å². The molecule has 1 aliphatic heterocycles. The number of benzene rings is 1. The maximum Gasteiger partial charge on any atom is 0.416 e. The Bertz CT molecular complexity index is 477. The number of alkyl halides is 3. The maximum atomic E-state index is 13.1. The Morgan fingerprint density at radius 3 is 2.43 bits per heavy atom. The van der Waals surface area contributed by atoms with Gasteiger partial charge in [-0.15, -0.1) is 0 Å². The zero-order chi connectivity index (χ0) is 15.6. The number of piperidine rings is 1. The second-order valence-corrected chi connectivity index (χ2v) is 6.11. The van der Waals surface area contributed by atoms with Crippen LogP contribution in [0.25, 0.3) is 0 Å². The van der Waals surface area contributed by atoms with E-state index in [-0.39, 0.29) is 0 Å². The van der Waals surface area contributed by atoms with Crippen molar-refractivity contribution in [2.24, 2.45) is 0 Å². The minimum absolute atomic E-state index is 0.351. The normalized spacial score (nSPS) is 18.4. The first kappa shape index (κ1) is 16.3. The van der Waals surface area contributed by atoms with Gasteiger partial charge < -0.3 is 4.90 Å². The van der Waals surface area contributed by atoms with Gasteiger partial charge in [0.05, 0.1) is 5.56 Å². The van der Waals surface area contributed by atoms with E-state index in [1.165, 1.54) is 6.07 Å². The van der Waals surface area contributed by atoms with Crippen LogP contribution in [0.2, 0.25) is 0 Å². The van der Waals surface area contributed by atoms with Crippen molar-refractivity contribution >= 4 is 0 Å². The van der Waals surface area contributed by atoms with E-state index in [2.05, 4.69) is 16.8 Å². The Morgan fingerprint density at radius 2 is 1.86 bits per heavy atom. The molecule has 2 rings (SSSR count). The van der Waals surface area contributed by atoms with Crippen molar-refractivity contribution in [1.82, 2.24) is 9.80 Å². The molecule has 0 radical (unpaired) electrons. The van der Waals surface area contributed by atoms with Crippen molar-refractivity contribution < 1.29 is 13.2 Å². The summed E-state index contributed by atoms with van der Waals surface area (Å²) in [5.74, 6) is 0. The smallest absolute Gasteiger partial charge is 0.306 e. The Hall–Kier alpha value is -1.07. The highest BCUT2D eigenvalue weighted by atomic mass is 19.4. The van der Waals surface area contributed by atoms with Crippen molar-refractivity contribution in [2.75, 3.05) is 27.2 Å². The van der Waals surface area contributed by atoms with E-state index in [0.717, 1.165) is 25.9 Å². The van der Waals surface area contributed by atoms with Gasteiger partial charge in [0, 0.05) is 12.6 Å². The average Bonchev–Trinajstić information content (AvgIpc) is 2.40. The number of likely N-dealkylation sites (tertiary alicyclic amines) is 1. The number of halogens is 3. The molecular weight excluding hydrogens is 277 g/mol. The van der Waals surface area contributed by atoms with Crippen LogP contribution in [0, 0.1) is 6.92 Å². The SMILES string of the molecule is Cc1ccc(CN(C)C2CCN(C)CC2)c(C(F)(F)F)c1. The van der Waals surface area contributed by atoms with E-state index >= 15 is 0 Å². The molecule has 21 heavy (non-hydrogen) atoms. The molecular formula is C16H23F3N2. The fourth-order valence-corrected chi connectivity index (χ4v) is 2.93. The van der Waals surface area contributed by atoms with Crippen molar-refractivity contribution in [3.05, 3.63) is 34.9 Å². The fourth-order valence-electron chi connectivity index (χ4n) is 2.93. The first-order chi connectivity index (χ1) is 9.77. The van der Waals surface area contributed by atoms with Crippen LogP contribution < -0.4 is 0 Å². The molecule has 1 aromatic carbocycles. The third kappa shape index (κ3) is 4.20. The number of hydrogen-bond donors (Lipinski definition) is 0. The average molecular weight is 300 g/mol. The fraction of sp³-hybridized carbons (Fsp3) is 0.625. The molecule has 1 saturated heterocycles. The van der Waals surface area contributed by atoms with Crippen LogP contribution in [0.15, 0.2) is 18.2 Å². The van der Waals surface area contributed by atoms with E-state index in [0.29, 0.717) is 23.7 Å². The molecule has 0 aromatic heterocycles. The molecule has 0 amide bonds. The van der Waals surface area contributed by atoms with E-state index in [4.69, 9.17) is 0 Å². The molecule has 0 N–H and O–H groups in total. The van der Waals surface area contributed by atoms with Crippen molar-refractivity contribution in [2.45, 2.75) is 38.5 Å². The van der Waals surface area contributed by atoms with Crippen LogP contribution in [0.3, 0.4) is 0 Å². The third-order valence-electron chi connectivity index (χ3n) is 4.30. The summed E-state index contributed by atoms with van der Waals surface area (Å²) in [6.45, 7) is 4.06. The van der Waals surface area contributed by atoms with Gasteiger partial charge in [0.15, 0.2) is 0 Å². The van der Waals surface area contributed by atoms with Crippen molar-refractivity contribution in [1.29, 1.82) is 0 Å². The number of hydrogen-bond acceptors (Lipinski definition) is 2. The van der Waals surface area contributed by atoms with Crippen LogP contribution in [0.4, 0.5) is 13.2 Å². The van der Waals surface area contributed by atoms with E-state index in [1.54, 1.807) is 19.1 Å². The summed E-state index contributed by atoms with van der Waals surface area (Å²) in [6, 6.07) is 4.98. The van der Waals surface area contributed by atoms with Crippen LogP contribution in [-0.2, 0) is 12.7 Å². The summed E-state index contributed by atoms with van der Waals surface area (Å²) in [4.78, 5) is 4.32. The van der Waals surface area contributed by atoms with E-state index in [1.807, 2.05) is 7.05 Å². The largest absolute Gasteiger partial charge is 0.416 e. The molecule has 1 fully saturated rings. The number of rotatable bonds is 3. The first-order valence-electron chi connectivity index (χ1n) is 7.33. The standard InChI is InChI=1S/C16H23F3N2/c1-12-4-5-13(15(10-12)16(17,18)19)11-21(3)14-6-8-20(2)9-7-14/h4-5,10,14H,6-9,11H2,1-3H3. The summed E-state index contributed by atoms with van der Waals surface area (Å²) in [5.41, 5.74) is 0.518. The zero-order valence-electron chi connectivity index (χ0n) is 12.9. The third-order valence-corrected chi connectivity index (χ3v) is 4.30. The van der Waals surface area contributed by atoms with Gasteiger partial charge in [0.1, 0.15) is 0 Å². The topological polar surface area (TPSA) is 6.48 Å². The van der Waals surface area contributed by atoms with Gasteiger partial charge in [-0.25, -0.2) is 0 Å². The molecule has 0 aliphatic carbocycles. The maximum absolute atomic E-state index is 13.1. The van der Waals surface area contributed by atoms with Crippen LogP contribution in [0.1, 0.15) is 29.5 Å². The van der Waals surface area contributed by atoms with Crippen LogP contribution >= 0.6 is 0 Å². The molecule has 5 heteroatoms. The number of aryl methyl sites for hydroxylation is 1. The lowest BCUT2D eigenvalue weighted by Crippen LogP contribution is -2.41. The summed E-state index contributed by atoms with van der Waals surface area (Å²) >= 11 is 0. The Balaban J connectivity index is 2.12. The monoisotopic (exact) mass is 300 g/mol. The van der Waals surface area contributed by atoms with Crippen LogP contribution in [-0.4, -0.2) is 43.0 Å². The molecule has 0 saturated carbocycles. The summed E-state index contributed by atoms with van der Waals surface area (Å²) in [6.07, 6.45) is -2.25. The number of nitrogens with zero attached hydrogens (tertiary/aromatic N) is 2. The lowest BCUT2D eigenvalue weighted by Gasteiger charge is -2.35. The first-order valence-corrected chi connectivity index (χ1v) is 7.33. The van der Waals surface area contributed by atoms with Gasteiger partial charge in [-0.3, -0.25) is 4.90 Å². The van der Waals surface area contributed by atoms with Gasteiger partial charge >= 0.3 is 6.18 Å². The van der Waals surface area contributed by atoms with Gasteiger partial charge in [-0.1, -0.05) is 17.7 Å². The quantitative estimate of drug-likeness (QED) is 0.842. The minimum atomic E-state index is -4.28. The highest BCUT2D eigenvalue weighted by Gasteiger charge is 2.34. The Morgan fingerprint density at radius 1 is 1.24 bits per heavy atom. The second kappa shape index (κ2) is 6.36. The van der Waals surface area contributed by atoms with Gasteiger partial charge in [-0.05, 0) is 58.6 Å². The molecule has 0 unspecified atom stereocenters. The van der Waals surface area contributed by atoms with Gasteiger partial charge in [-0.2, -0.15) is 13.2 Å². The van der Waals surface area contributed by atoms with Crippen molar-refractivity contribution in [3.8, 4) is 0 Å². The predicted octanol–water partition coefficient (Wildman–Crippen LogP) is 3.54. The molecule has 1 heterocycles. The lowest BCUT2D eigenvalue weighted by molar-refractivity contribution is -0.138. The minimum Gasteiger partial charge on any atom is -0.306 e. The molecule has 118 valence electrons. The highest BCUT2D eigenvalue weighted by molar-refractivity contribution is 5.33. The molecule has 0 spiro atoms. The molecule has 2 nitrogen and oxygen atoms in total. The summed E-state index contributed by atoms with van der Waals surface area (Å²) in [7, 11) is 4.01. The Kier molecular flexibility index (Phi) is 4.94. The zero-order valence-corrected chi connectivity index (χ0v) is 12.9. The van der Waals surface area contributed by atoms with E-state index in [9.17, 15) is 13.2 Å². The highest BCUT2D eigenvalue weighted by Crippen LogP contribution is 2.33. The molecule has 1 aromatic rings. The Labute approximate surface area is 124 Å². The molecule has 0 atom stereocenters. The second-order valence-electron chi connectivity index (χ2n) is 6.11. The van der Waals surface area contributed by atoms with E-state index < -0.39 is 11.7 Å². The van der Waals surface area contributed by atoms with Crippen LogP contribution in [0.5, 0.6) is 0 Å². The summed E-state index contributed by atoms with van der Waals surface area (Å²) in [5, 5.41) is 0. The summed E-state index contributed by atoms with van der Waals surface area (Å²) < 4.78 is 39.4. The lowest BCUT2D eigenvalue weighted by atomic mass is 10.0. The van der Waals surface area contributed by atoms with Gasteiger partial charge in [0.2, 0.25) is 0 Å². The van der Waals surface area contributed by atoms with Gasteiger partial charge in [0.25, 0.3) is 0 Å².